The molecule has 2 aliphatic rings. The lowest BCUT2D eigenvalue weighted by atomic mass is 9.97. The van der Waals surface area contributed by atoms with Gasteiger partial charge in [0.25, 0.3) is 5.91 Å². The number of hydrogen-bond acceptors (Lipinski definition) is 4. The Hall–Kier alpha value is -1.14. The molecule has 6 nitrogen and oxygen atoms in total. The van der Waals surface area contributed by atoms with Gasteiger partial charge in [-0.1, -0.05) is 26.2 Å². The van der Waals surface area contributed by atoms with Crippen LogP contribution < -0.4 is 0 Å². The topological polar surface area (TPSA) is 70.1 Å². The second kappa shape index (κ2) is 8.48. The highest BCUT2D eigenvalue weighted by Crippen LogP contribution is 2.23. The third-order valence-electron chi connectivity index (χ3n) is 4.60. The minimum Gasteiger partial charge on any atom is -0.480 e. The van der Waals surface area contributed by atoms with Gasteiger partial charge in [-0.15, -0.1) is 0 Å². The van der Waals surface area contributed by atoms with Crippen LogP contribution in [0.4, 0.5) is 0 Å². The summed E-state index contributed by atoms with van der Waals surface area (Å²) in [4.78, 5) is 27.0. The van der Waals surface area contributed by atoms with Gasteiger partial charge in [-0.05, 0) is 19.3 Å². The predicted octanol–water partition coefficient (Wildman–Crippen LogP) is 1.34. The molecule has 0 spiro atoms. The zero-order valence-electron chi connectivity index (χ0n) is 13.5. The molecular formula is C16H28N2O4. The Kier molecular flexibility index (Phi) is 6.64. The molecule has 1 unspecified atom stereocenters. The number of nitrogens with zero attached hydrogens (tertiary/aromatic N) is 2. The molecule has 1 N–H and O–H groups in total. The number of carboxylic acids is 1. The number of ether oxygens (including phenoxy) is 1. The smallest absolute Gasteiger partial charge is 0.317 e. The Morgan fingerprint density at radius 2 is 1.77 bits per heavy atom. The monoisotopic (exact) mass is 312 g/mol. The summed E-state index contributed by atoms with van der Waals surface area (Å²) in [6.45, 7) is 4.48. The van der Waals surface area contributed by atoms with Gasteiger partial charge in [0.1, 0.15) is 6.10 Å². The van der Waals surface area contributed by atoms with E-state index in [9.17, 15) is 9.59 Å². The van der Waals surface area contributed by atoms with E-state index in [2.05, 4.69) is 0 Å². The zero-order valence-corrected chi connectivity index (χ0v) is 13.5. The van der Waals surface area contributed by atoms with Crippen molar-refractivity contribution in [3.05, 3.63) is 0 Å². The Balaban J connectivity index is 1.80. The third kappa shape index (κ3) is 4.95. The normalized spacial score (nSPS) is 22.5. The molecule has 1 aliphatic heterocycles. The molecule has 1 aliphatic carbocycles. The van der Waals surface area contributed by atoms with Crippen molar-refractivity contribution in [2.24, 2.45) is 0 Å². The number of rotatable bonds is 6. The first-order valence-electron chi connectivity index (χ1n) is 8.48. The van der Waals surface area contributed by atoms with Gasteiger partial charge in [0.05, 0.1) is 12.6 Å². The van der Waals surface area contributed by atoms with Crippen molar-refractivity contribution in [2.45, 2.75) is 57.7 Å². The average Bonchev–Trinajstić information content (AvgIpc) is 2.53. The van der Waals surface area contributed by atoms with Gasteiger partial charge in [-0.2, -0.15) is 0 Å². The third-order valence-corrected chi connectivity index (χ3v) is 4.60. The second-order valence-electron chi connectivity index (χ2n) is 6.29. The van der Waals surface area contributed by atoms with Crippen LogP contribution >= 0.6 is 0 Å². The van der Waals surface area contributed by atoms with Crippen molar-refractivity contribution in [3.63, 3.8) is 0 Å². The first kappa shape index (κ1) is 17.2. The molecule has 0 bridgehead atoms. The maximum atomic E-state index is 12.6. The molecule has 2 fully saturated rings. The standard InChI is InChI=1S/C16H28N2O4/c1-2-14(22-13-6-4-3-5-7-13)16(21)18-10-8-17(9-11-18)12-15(19)20/h13-14H,2-12H2,1H3,(H,19,20). The fourth-order valence-corrected chi connectivity index (χ4v) is 3.28. The fraction of sp³-hybridized carbons (Fsp3) is 0.875. The number of piperazine rings is 1. The van der Waals surface area contributed by atoms with Gasteiger partial charge in [-0.25, -0.2) is 0 Å². The minimum atomic E-state index is -0.813. The molecule has 2 rings (SSSR count). The van der Waals surface area contributed by atoms with Crippen molar-refractivity contribution in [3.8, 4) is 0 Å². The summed E-state index contributed by atoms with van der Waals surface area (Å²) in [5.41, 5.74) is 0. The molecule has 1 saturated heterocycles. The van der Waals surface area contributed by atoms with Crippen LogP contribution in [-0.2, 0) is 14.3 Å². The minimum absolute atomic E-state index is 0.0534. The largest absolute Gasteiger partial charge is 0.480 e. The van der Waals surface area contributed by atoms with Gasteiger partial charge in [0.15, 0.2) is 0 Å². The molecular weight excluding hydrogens is 284 g/mol. The fourth-order valence-electron chi connectivity index (χ4n) is 3.28. The molecule has 1 amide bonds. The van der Waals surface area contributed by atoms with Crippen LogP contribution in [0.25, 0.3) is 0 Å². The molecule has 1 saturated carbocycles. The molecule has 126 valence electrons. The van der Waals surface area contributed by atoms with E-state index in [0.717, 1.165) is 12.8 Å². The Labute approximate surface area is 132 Å². The Morgan fingerprint density at radius 3 is 2.32 bits per heavy atom. The summed E-state index contributed by atoms with van der Waals surface area (Å²) in [5.74, 6) is -0.741. The van der Waals surface area contributed by atoms with Crippen molar-refractivity contribution in [2.75, 3.05) is 32.7 Å². The zero-order chi connectivity index (χ0) is 15.9. The van der Waals surface area contributed by atoms with Crippen LogP contribution in [0.15, 0.2) is 0 Å². The van der Waals surface area contributed by atoms with Crippen LogP contribution in [0.2, 0.25) is 0 Å². The Bertz CT molecular complexity index is 374. The number of carboxylic acid groups (broad SMARTS) is 1. The molecule has 1 atom stereocenters. The van der Waals surface area contributed by atoms with Crippen molar-refractivity contribution in [1.29, 1.82) is 0 Å². The summed E-state index contributed by atoms with van der Waals surface area (Å²) in [7, 11) is 0. The number of hydrogen-bond donors (Lipinski definition) is 1. The highest BCUT2D eigenvalue weighted by molar-refractivity contribution is 5.81. The van der Waals surface area contributed by atoms with Gasteiger partial charge in [-0.3, -0.25) is 14.5 Å². The number of carbonyl (C=O) groups is 2. The van der Waals surface area contributed by atoms with E-state index in [1.54, 1.807) is 0 Å². The summed E-state index contributed by atoms with van der Waals surface area (Å²) >= 11 is 0. The number of amides is 1. The van der Waals surface area contributed by atoms with Crippen molar-refractivity contribution < 1.29 is 19.4 Å². The van der Waals surface area contributed by atoms with E-state index in [1.165, 1.54) is 19.3 Å². The predicted molar refractivity (Wildman–Crippen MR) is 82.7 cm³/mol. The molecule has 1 heterocycles. The number of aliphatic carboxylic acids is 1. The summed E-state index contributed by atoms with van der Waals surface area (Å²) in [6.07, 6.45) is 6.39. The van der Waals surface area contributed by atoms with E-state index in [1.807, 2.05) is 16.7 Å². The van der Waals surface area contributed by atoms with Crippen LogP contribution in [0.1, 0.15) is 45.4 Å². The van der Waals surface area contributed by atoms with Crippen LogP contribution in [0.5, 0.6) is 0 Å². The van der Waals surface area contributed by atoms with E-state index in [4.69, 9.17) is 9.84 Å². The van der Waals surface area contributed by atoms with Gasteiger partial charge in [0.2, 0.25) is 0 Å². The SMILES string of the molecule is CCC(OC1CCCCC1)C(=O)N1CCN(CC(=O)O)CC1. The van der Waals surface area contributed by atoms with Gasteiger partial charge in [0, 0.05) is 26.2 Å². The average molecular weight is 312 g/mol. The molecule has 0 aromatic heterocycles. The van der Waals surface area contributed by atoms with E-state index < -0.39 is 5.97 Å². The summed E-state index contributed by atoms with van der Waals surface area (Å²) < 4.78 is 6.05. The van der Waals surface area contributed by atoms with Crippen molar-refractivity contribution in [1.82, 2.24) is 9.80 Å². The van der Waals surface area contributed by atoms with Crippen LogP contribution in [0, 0.1) is 0 Å². The van der Waals surface area contributed by atoms with E-state index in [0.29, 0.717) is 32.6 Å². The van der Waals surface area contributed by atoms with Crippen LogP contribution in [0.3, 0.4) is 0 Å². The second-order valence-corrected chi connectivity index (χ2v) is 6.29. The maximum Gasteiger partial charge on any atom is 0.317 e. The lowest BCUT2D eigenvalue weighted by Crippen LogP contribution is -2.53. The van der Waals surface area contributed by atoms with Crippen LogP contribution in [-0.4, -0.2) is 71.7 Å². The highest BCUT2D eigenvalue weighted by Gasteiger charge is 2.29. The molecule has 0 aromatic rings. The highest BCUT2D eigenvalue weighted by atomic mass is 16.5. The van der Waals surface area contributed by atoms with E-state index in [-0.39, 0.29) is 24.7 Å². The molecule has 0 radical (unpaired) electrons. The lowest BCUT2D eigenvalue weighted by molar-refractivity contribution is -0.151. The van der Waals surface area contributed by atoms with E-state index >= 15 is 0 Å². The van der Waals surface area contributed by atoms with Gasteiger partial charge >= 0.3 is 5.97 Å². The molecule has 0 aromatic carbocycles. The van der Waals surface area contributed by atoms with Gasteiger partial charge < -0.3 is 14.7 Å². The Morgan fingerprint density at radius 1 is 1.14 bits per heavy atom. The first-order valence-corrected chi connectivity index (χ1v) is 8.48. The molecule has 22 heavy (non-hydrogen) atoms. The summed E-state index contributed by atoms with van der Waals surface area (Å²) in [6, 6.07) is 0. The van der Waals surface area contributed by atoms with Crippen molar-refractivity contribution >= 4 is 11.9 Å². The summed E-state index contributed by atoms with van der Waals surface area (Å²) in [5, 5.41) is 8.81. The lowest BCUT2D eigenvalue weighted by Gasteiger charge is -2.36. The molecule has 6 heteroatoms. The quantitative estimate of drug-likeness (QED) is 0.801. The maximum absolute atomic E-state index is 12.6. The number of carbonyl (C=O) groups excluding carboxylic acids is 1. The first-order chi connectivity index (χ1) is 10.6.